The first-order valence-electron chi connectivity index (χ1n) is 6.49. The van der Waals surface area contributed by atoms with Crippen molar-refractivity contribution in [1.82, 2.24) is 4.98 Å². The van der Waals surface area contributed by atoms with Crippen molar-refractivity contribution in [3.05, 3.63) is 12.1 Å². The van der Waals surface area contributed by atoms with Crippen LogP contribution in [0.1, 0.15) is 20.3 Å². The molecule has 0 aromatic carbocycles. The maximum absolute atomic E-state index is 8.66. The molecule has 108 valence electrons. The summed E-state index contributed by atoms with van der Waals surface area (Å²) in [5.74, 6) is 3.21. The Morgan fingerprint density at radius 2 is 2.21 bits per heavy atom. The first-order chi connectivity index (χ1) is 9.13. The van der Waals surface area contributed by atoms with Gasteiger partial charge in [0.1, 0.15) is 5.82 Å². The van der Waals surface area contributed by atoms with Crippen LogP contribution in [0.4, 0.5) is 11.5 Å². The van der Waals surface area contributed by atoms with Gasteiger partial charge in [-0.15, -0.1) is 0 Å². The number of pyridine rings is 1. The molecule has 0 saturated heterocycles. The van der Waals surface area contributed by atoms with E-state index in [0.717, 1.165) is 30.3 Å². The topological polar surface area (TPSA) is 80.4 Å². The van der Waals surface area contributed by atoms with E-state index in [4.69, 9.17) is 15.6 Å². The normalized spacial score (nSPS) is 10.7. The molecule has 4 N–H and O–H groups in total. The number of nitrogen functional groups attached to an aromatic ring is 1. The molecular weight excluding hydrogens is 262 g/mol. The highest BCUT2D eigenvalue weighted by Crippen LogP contribution is 2.21. The van der Waals surface area contributed by atoms with Crippen molar-refractivity contribution in [3.63, 3.8) is 0 Å². The molecule has 0 fully saturated rings. The fraction of sp³-hybridized carbons (Fsp3) is 0.615. The number of hydrogen-bond donors (Lipinski definition) is 3. The highest BCUT2D eigenvalue weighted by Gasteiger charge is 2.06. The van der Waals surface area contributed by atoms with Gasteiger partial charge in [-0.2, -0.15) is 16.7 Å². The third-order valence-corrected chi connectivity index (χ3v) is 3.31. The fourth-order valence-electron chi connectivity index (χ4n) is 1.39. The van der Waals surface area contributed by atoms with Crippen molar-refractivity contribution in [2.24, 2.45) is 0 Å². The summed E-state index contributed by atoms with van der Waals surface area (Å²) in [5, 5.41) is 11.9. The largest absolute Gasteiger partial charge is 0.473 e. The average Bonchev–Trinajstić information content (AvgIpc) is 2.37. The molecule has 0 aliphatic rings. The van der Waals surface area contributed by atoms with Crippen LogP contribution in [-0.4, -0.2) is 40.9 Å². The van der Waals surface area contributed by atoms with Crippen molar-refractivity contribution < 1.29 is 9.84 Å². The van der Waals surface area contributed by atoms with E-state index in [-0.39, 0.29) is 12.7 Å². The zero-order valence-electron chi connectivity index (χ0n) is 11.6. The lowest BCUT2D eigenvalue weighted by Crippen LogP contribution is -2.11. The van der Waals surface area contributed by atoms with E-state index in [9.17, 15) is 0 Å². The molecule has 0 atom stereocenters. The van der Waals surface area contributed by atoms with E-state index < -0.39 is 0 Å². The molecule has 1 aromatic rings. The monoisotopic (exact) mass is 285 g/mol. The summed E-state index contributed by atoms with van der Waals surface area (Å²) in [7, 11) is 0. The zero-order chi connectivity index (χ0) is 14.1. The second kappa shape index (κ2) is 8.87. The lowest BCUT2D eigenvalue weighted by atomic mass is 10.4. The van der Waals surface area contributed by atoms with Crippen LogP contribution >= 0.6 is 11.8 Å². The lowest BCUT2D eigenvalue weighted by Gasteiger charge is -2.13. The summed E-state index contributed by atoms with van der Waals surface area (Å²) in [5.41, 5.74) is 6.36. The van der Waals surface area contributed by atoms with Crippen LogP contribution in [0, 0.1) is 0 Å². The molecule has 0 aliphatic heterocycles. The van der Waals surface area contributed by atoms with Crippen LogP contribution in [0.3, 0.4) is 0 Å². The van der Waals surface area contributed by atoms with Gasteiger partial charge in [-0.05, 0) is 38.2 Å². The van der Waals surface area contributed by atoms with Crippen molar-refractivity contribution >= 4 is 23.3 Å². The molecule has 0 saturated carbocycles. The number of anilines is 2. The maximum Gasteiger partial charge on any atom is 0.239 e. The van der Waals surface area contributed by atoms with Crippen LogP contribution in [0.25, 0.3) is 0 Å². The summed E-state index contributed by atoms with van der Waals surface area (Å²) in [6.45, 7) is 4.97. The van der Waals surface area contributed by atoms with Crippen molar-refractivity contribution in [2.45, 2.75) is 26.4 Å². The van der Waals surface area contributed by atoms with E-state index in [1.165, 1.54) is 0 Å². The number of thioether (sulfide) groups is 1. The third kappa shape index (κ3) is 6.54. The first kappa shape index (κ1) is 15.9. The van der Waals surface area contributed by atoms with Gasteiger partial charge >= 0.3 is 0 Å². The smallest absolute Gasteiger partial charge is 0.239 e. The number of aliphatic hydroxyl groups is 1. The van der Waals surface area contributed by atoms with Gasteiger partial charge in [-0.25, -0.2) is 0 Å². The molecule has 5 nitrogen and oxygen atoms in total. The summed E-state index contributed by atoms with van der Waals surface area (Å²) in [6, 6.07) is 3.65. The van der Waals surface area contributed by atoms with Crippen LogP contribution in [0.15, 0.2) is 12.1 Å². The minimum atomic E-state index is 0.0547. The third-order valence-electron chi connectivity index (χ3n) is 2.24. The molecule has 6 heteroatoms. The highest BCUT2D eigenvalue weighted by molar-refractivity contribution is 7.99. The number of nitrogens with one attached hydrogen (secondary N) is 1. The summed E-state index contributed by atoms with van der Waals surface area (Å²) in [4.78, 5) is 4.34. The van der Waals surface area contributed by atoms with Gasteiger partial charge < -0.3 is 20.9 Å². The van der Waals surface area contributed by atoms with Gasteiger partial charge in [0.15, 0.2) is 0 Å². The lowest BCUT2D eigenvalue weighted by molar-refractivity contribution is 0.234. The molecule has 0 unspecified atom stereocenters. The number of rotatable bonds is 9. The van der Waals surface area contributed by atoms with Gasteiger partial charge in [0, 0.05) is 18.9 Å². The SMILES string of the molecule is CC(C)Oc1nc(NCCSCCCO)ccc1N. The Bertz CT molecular complexity index is 375. The predicted octanol–water partition coefficient (Wildman–Crippen LogP) is 1.98. The van der Waals surface area contributed by atoms with Gasteiger partial charge in [-0.1, -0.05) is 0 Å². The highest BCUT2D eigenvalue weighted by atomic mass is 32.2. The molecule has 0 bridgehead atoms. The Morgan fingerprint density at radius 3 is 2.89 bits per heavy atom. The Labute approximate surface area is 118 Å². The molecule has 1 aromatic heterocycles. The molecule has 1 rings (SSSR count). The Hall–Kier alpha value is -1.14. The van der Waals surface area contributed by atoms with Gasteiger partial charge in [0.05, 0.1) is 11.8 Å². The van der Waals surface area contributed by atoms with E-state index in [1.54, 1.807) is 6.07 Å². The minimum absolute atomic E-state index is 0.0547. The predicted molar refractivity (Wildman–Crippen MR) is 81.9 cm³/mol. The number of nitrogens with zero attached hydrogens (tertiary/aromatic N) is 1. The van der Waals surface area contributed by atoms with Crippen LogP contribution in [-0.2, 0) is 0 Å². The summed E-state index contributed by atoms with van der Waals surface area (Å²) in [6.07, 6.45) is 0.899. The first-order valence-corrected chi connectivity index (χ1v) is 7.64. The molecular formula is C13H23N3O2S. The summed E-state index contributed by atoms with van der Waals surface area (Å²) >= 11 is 1.81. The number of nitrogens with two attached hydrogens (primary N) is 1. The maximum atomic E-state index is 8.66. The Morgan fingerprint density at radius 1 is 1.42 bits per heavy atom. The number of hydrogen-bond acceptors (Lipinski definition) is 6. The van der Waals surface area contributed by atoms with Crippen molar-refractivity contribution in [2.75, 3.05) is 35.7 Å². The molecule has 0 aliphatic carbocycles. The van der Waals surface area contributed by atoms with Crippen LogP contribution in [0.2, 0.25) is 0 Å². The van der Waals surface area contributed by atoms with Gasteiger partial charge in [0.25, 0.3) is 0 Å². The molecule has 19 heavy (non-hydrogen) atoms. The Kier molecular flexibility index (Phi) is 7.43. The average molecular weight is 285 g/mol. The standard InChI is InChI=1S/C13H23N3O2S/c1-10(2)18-13-11(14)4-5-12(16-13)15-6-9-19-8-3-7-17/h4-5,10,17H,3,6-9,14H2,1-2H3,(H,15,16). The molecule has 1 heterocycles. The van der Waals surface area contributed by atoms with Gasteiger partial charge in [-0.3, -0.25) is 0 Å². The van der Waals surface area contributed by atoms with E-state index in [1.807, 2.05) is 31.7 Å². The van der Waals surface area contributed by atoms with E-state index in [2.05, 4.69) is 10.3 Å². The second-order valence-electron chi connectivity index (χ2n) is 4.37. The van der Waals surface area contributed by atoms with Crippen LogP contribution in [0.5, 0.6) is 5.88 Å². The number of aromatic nitrogens is 1. The Balaban J connectivity index is 2.37. The quantitative estimate of drug-likeness (QED) is 0.602. The van der Waals surface area contributed by atoms with Crippen molar-refractivity contribution in [1.29, 1.82) is 0 Å². The second-order valence-corrected chi connectivity index (χ2v) is 5.60. The number of aliphatic hydroxyl groups excluding tert-OH is 1. The fourth-order valence-corrected chi connectivity index (χ4v) is 2.17. The van der Waals surface area contributed by atoms with Crippen LogP contribution < -0.4 is 15.8 Å². The minimum Gasteiger partial charge on any atom is -0.473 e. The van der Waals surface area contributed by atoms with Crippen molar-refractivity contribution in [3.8, 4) is 5.88 Å². The molecule has 0 radical (unpaired) electrons. The van der Waals surface area contributed by atoms with E-state index in [0.29, 0.717) is 11.6 Å². The number of ether oxygens (including phenoxy) is 1. The molecule has 0 amide bonds. The zero-order valence-corrected chi connectivity index (χ0v) is 12.4. The summed E-state index contributed by atoms with van der Waals surface area (Å²) < 4.78 is 5.54. The molecule has 0 spiro atoms. The van der Waals surface area contributed by atoms with E-state index >= 15 is 0 Å². The van der Waals surface area contributed by atoms with Gasteiger partial charge in [0.2, 0.25) is 5.88 Å².